The zero-order valence-electron chi connectivity index (χ0n) is 64.5. The number of rotatable bonds is 32. The van der Waals surface area contributed by atoms with Gasteiger partial charge in [0.2, 0.25) is 41.4 Å². The number of ether oxygens (including phenoxy) is 4. The SMILES string of the molecule is COCCCCCCCOc1ccc(-c2nnc(-c3ccc(C(=O)N[C@H]4C[C@H](O)CNC(=O)[C@@H]5[C@@H](O)[C@H](C)CN5C(=O)[C@H]([C@H](O)CCNC(=O)[C@H](CCCCNC(=O)OC(C)(C)C)NC(=O)OC(C)(C)C)NC(=O)[C@H]([C@H](O)Cc5ccc(O)c(OSOOO)c5)NC(=O)[C@@H]5C[C@H](O)CN5C(=O)[C@H]([C@H](C)O)NC4=O)cc3)s2)cc1. The Kier molecular flexibility index (Phi) is 35.0. The summed E-state index contributed by atoms with van der Waals surface area (Å²) in [5.74, 6) is -10.3. The van der Waals surface area contributed by atoms with Crippen molar-refractivity contribution in [2.45, 2.75) is 223 Å². The molecule has 113 heavy (non-hydrogen) atoms. The molecule has 0 unspecified atom stereocenters. The summed E-state index contributed by atoms with van der Waals surface area (Å²) in [5, 5.41) is 123. The minimum Gasteiger partial charge on any atom is -0.504 e. The molecule has 3 aliphatic heterocycles. The number of nitrogens with zero attached hydrogens (tertiary/aromatic N) is 4. The van der Waals surface area contributed by atoms with E-state index in [1.165, 1.54) is 36.5 Å². The Bertz CT molecular complexity index is 3830. The highest BCUT2D eigenvalue weighted by molar-refractivity contribution is 7.90. The second-order valence-corrected chi connectivity index (χ2v) is 31.3. The predicted molar refractivity (Wildman–Crippen MR) is 406 cm³/mol. The number of aromatic nitrogens is 2. The van der Waals surface area contributed by atoms with Crippen molar-refractivity contribution < 1.29 is 121 Å². The van der Waals surface area contributed by atoms with Crippen molar-refractivity contribution in [1.29, 1.82) is 0 Å². The maximum atomic E-state index is 15.4. The Morgan fingerprint density at radius 3 is 1.94 bits per heavy atom. The normalized spacial score (nSPS) is 22.7. The van der Waals surface area contributed by atoms with Crippen LogP contribution in [0.1, 0.15) is 142 Å². The van der Waals surface area contributed by atoms with Crippen molar-refractivity contribution in [3.05, 3.63) is 77.9 Å². The van der Waals surface area contributed by atoms with Crippen molar-refractivity contribution in [2.24, 2.45) is 5.92 Å². The van der Waals surface area contributed by atoms with Crippen LogP contribution in [0.4, 0.5) is 9.59 Å². The highest BCUT2D eigenvalue weighted by Crippen LogP contribution is 2.34. The van der Waals surface area contributed by atoms with E-state index in [2.05, 4.69) is 62.1 Å². The van der Waals surface area contributed by atoms with Gasteiger partial charge in [-0.15, -0.1) is 10.2 Å². The molecule has 3 aliphatic rings. The Morgan fingerprint density at radius 2 is 1.29 bits per heavy atom. The number of hydrogen-bond acceptors (Lipinski definition) is 29. The van der Waals surface area contributed by atoms with Gasteiger partial charge in [0, 0.05) is 88.3 Å². The molecule has 624 valence electrons. The van der Waals surface area contributed by atoms with Gasteiger partial charge in [-0.25, -0.2) is 14.8 Å². The molecule has 14 atom stereocenters. The summed E-state index contributed by atoms with van der Waals surface area (Å²) in [6.45, 7) is 11.5. The van der Waals surface area contributed by atoms with Gasteiger partial charge >= 0.3 is 12.2 Å². The monoisotopic (exact) mass is 1630 g/mol. The topological polar surface area (TPSA) is 526 Å². The number of fused-ring (bicyclic) bond motifs is 2. The molecule has 4 heterocycles. The number of phenolic OH excluding ortho intramolecular Hbond substituents is 1. The molecule has 0 aliphatic carbocycles. The van der Waals surface area contributed by atoms with Crippen LogP contribution in [0.3, 0.4) is 0 Å². The fourth-order valence-corrected chi connectivity index (χ4v) is 13.8. The molecular weight excluding hydrogens is 1520 g/mol. The van der Waals surface area contributed by atoms with Crippen LogP contribution in [0.25, 0.3) is 21.1 Å². The molecular formula is C74H106N12O25S2. The third kappa shape index (κ3) is 28.1. The number of alkyl carbamates (subject to hydrolysis) is 2. The summed E-state index contributed by atoms with van der Waals surface area (Å²) in [5.41, 5.74) is -0.399. The van der Waals surface area contributed by atoms with Crippen molar-refractivity contribution >= 4 is 83.1 Å². The van der Waals surface area contributed by atoms with E-state index in [0.717, 1.165) is 73.1 Å². The Balaban J connectivity index is 1.18. The van der Waals surface area contributed by atoms with E-state index >= 15 is 9.59 Å². The van der Waals surface area contributed by atoms with Gasteiger partial charge in [0.1, 0.15) is 69.3 Å². The minimum absolute atomic E-state index is 0.0171. The van der Waals surface area contributed by atoms with Crippen molar-refractivity contribution in [3.8, 4) is 38.4 Å². The fraction of sp³-hybridized carbons (Fsp3) is 0.595. The number of carbonyl (C=O) groups excluding carboxylic acids is 10. The molecule has 3 fully saturated rings. The van der Waals surface area contributed by atoms with E-state index in [0.29, 0.717) is 34.4 Å². The summed E-state index contributed by atoms with van der Waals surface area (Å²) in [6.07, 6.45) is -9.51. The van der Waals surface area contributed by atoms with Crippen LogP contribution < -0.4 is 51.5 Å². The first kappa shape index (κ1) is 91.1. The van der Waals surface area contributed by atoms with E-state index in [-0.39, 0.29) is 48.6 Å². The lowest BCUT2D eigenvalue weighted by Gasteiger charge is -2.34. The number of aliphatic hydroxyl groups excluding tert-OH is 6. The van der Waals surface area contributed by atoms with Crippen molar-refractivity contribution in [3.63, 3.8) is 0 Å². The third-order valence-electron chi connectivity index (χ3n) is 18.4. The predicted octanol–water partition coefficient (Wildman–Crippen LogP) is 1.96. The van der Waals surface area contributed by atoms with Crippen LogP contribution in [0.15, 0.2) is 66.7 Å². The third-order valence-corrected chi connectivity index (χ3v) is 19.8. The summed E-state index contributed by atoms with van der Waals surface area (Å²) in [7, 11) is 1.69. The van der Waals surface area contributed by atoms with Crippen molar-refractivity contribution in [2.75, 3.05) is 53.0 Å². The van der Waals surface area contributed by atoms with Gasteiger partial charge < -0.3 is 111 Å². The van der Waals surface area contributed by atoms with E-state index in [1.807, 2.05) is 24.3 Å². The second-order valence-electron chi connectivity index (χ2n) is 29.9. The van der Waals surface area contributed by atoms with Crippen LogP contribution in [0.5, 0.6) is 17.2 Å². The number of phenols is 1. The first-order chi connectivity index (χ1) is 53.5. The highest BCUT2D eigenvalue weighted by Gasteiger charge is 2.50. The number of aliphatic hydroxyl groups is 6. The smallest absolute Gasteiger partial charge is 0.408 e. The number of β-amino-alcohol motifs (C(OH)–C–C–N with tert-alkyl or cyclic N) is 1. The van der Waals surface area contributed by atoms with E-state index < -0.39 is 213 Å². The standard InChI is InChI=1S/C74H106N12O25S2/c1-40-38-86-59(60(40)93)66(99)77-37-46(88)35-50(78-61(94)43-19-21-44(22-20-43)67-83-84-68(112-67)45-23-25-48(26-24-45)106-32-16-12-10-11-15-31-105-9)63(96)80-56(41(2)87)69(100)85-39-47(89)36-51(85)64(97)81-57(54(92)33-42-18-27-52(90)55(34-42)109-113-111-110-104)65(98)82-58(70(86)101)53(91)28-30-75-62(95)49(79-72(103)108-74(6,7)8)17-13-14-29-76-71(102)107-73(3,4)5/h18-27,34,40-41,46-47,49-51,53-54,56-60,87-93,104H,10-17,28-33,35-39H2,1-9H3,(H,75,95)(H,76,102)(H,77,99)(H,78,94)(H,79,103)(H,80,96)(H,81,97)(H,82,98)/t40-,41+,46+,47+,49+,50+,51+,53-,54-,56+,57+,58+,59+,60+/m1/s1. The van der Waals surface area contributed by atoms with E-state index in [4.69, 9.17) is 28.4 Å². The van der Waals surface area contributed by atoms with Gasteiger partial charge in [0.15, 0.2) is 11.5 Å². The van der Waals surface area contributed by atoms with Gasteiger partial charge in [-0.3, -0.25) is 38.4 Å². The molecule has 3 saturated heterocycles. The number of carbonyl (C=O) groups is 10. The lowest BCUT2D eigenvalue weighted by atomic mass is 9.98. The number of amides is 10. The zero-order valence-corrected chi connectivity index (χ0v) is 66.1. The van der Waals surface area contributed by atoms with E-state index in [1.54, 1.807) is 60.8 Å². The Morgan fingerprint density at radius 1 is 0.673 bits per heavy atom. The van der Waals surface area contributed by atoms with Gasteiger partial charge in [-0.05, 0) is 141 Å². The lowest BCUT2D eigenvalue weighted by Crippen LogP contribution is -2.64. The van der Waals surface area contributed by atoms with E-state index in [9.17, 15) is 74.1 Å². The number of unbranched alkanes of at least 4 members (excludes halogenated alkanes) is 5. The van der Waals surface area contributed by atoms with Crippen LogP contribution in [-0.4, -0.2) is 264 Å². The molecule has 0 spiro atoms. The molecule has 0 bridgehead atoms. The molecule has 1 aromatic heterocycles. The summed E-state index contributed by atoms with van der Waals surface area (Å²) < 4.78 is 31.2. The Labute approximate surface area is 661 Å². The number of aromatic hydroxyl groups is 1. The Hall–Kier alpha value is -9.13. The molecule has 16 N–H and O–H groups in total. The summed E-state index contributed by atoms with van der Waals surface area (Å²) in [6, 6.07) is 3.71. The average molecular weight is 1630 g/mol. The maximum Gasteiger partial charge on any atom is 0.408 e. The molecule has 3 aromatic carbocycles. The van der Waals surface area contributed by atoms with Crippen LogP contribution in [-0.2, 0) is 63.6 Å². The largest absolute Gasteiger partial charge is 0.504 e. The fourth-order valence-electron chi connectivity index (χ4n) is 12.6. The number of methoxy groups -OCH3 is 1. The molecule has 0 radical (unpaired) electrons. The van der Waals surface area contributed by atoms with Crippen LogP contribution in [0.2, 0.25) is 0 Å². The molecule has 0 saturated carbocycles. The summed E-state index contributed by atoms with van der Waals surface area (Å²) in [4.78, 5) is 145. The maximum absolute atomic E-state index is 15.4. The van der Waals surface area contributed by atoms with Gasteiger partial charge in [-0.1, -0.05) is 65.1 Å². The van der Waals surface area contributed by atoms with Gasteiger partial charge in [-0.2, -0.15) is 0 Å². The molecule has 10 amide bonds. The zero-order chi connectivity index (χ0) is 82.9. The molecule has 4 aromatic rings. The number of hydrogen-bond donors (Lipinski definition) is 16. The quantitative estimate of drug-likeness (QED) is 0.0144. The first-order valence-electron chi connectivity index (χ1n) is 37.3. The molecule has 7 rings (SSSR count). The lowest BCUT2D eigenvalue weighted by molar-refractivity contribution is -0.433. The average Bonchev–Trinajstić information content (AvgIpc) is 1.67. The van der Waals surface area contributed by atoms with Crippen LogP contribution >= 0.6 is 23.7 Å². The second kappa shape index (κ2) is 43.4. The number of benzene rings is 3. The molecule has 39 heteroatoms. The van der Waals surface area contributed by atoms with Gasteiger partial charge in [0.05, 0.1) is 43.2 Å². The molecule has 37 nitrogen and oxygen atoms in total. The van der Waals surface area contributed by atoms with Crippen LogP contribution in [0, 0.1) is 5.92 Å². The highest BCUT2D eigenvalue weighted by atomic mass is 32.2. The number of nitrogens with one attached hydrogen (secondary N) is 8. The summed E-state index contributed by atoms with van der Waals surface area (Å²) >= 11 is 1.32. The first-order valence-corrected chi connectivity index (χ1v) is 38.8. The van der Waals surface area contributed by atoms with Gasteiger partial charge in [0.25, 0.3) is 18.2 Å². The van der Waals surface area contributed by atoms with Crippen molar-refractivity contribution in [1.82, 2.24) is 62.5 Å². The minimum atomic E-state index is -2.25.